The van der Waals surface area contributed by atoms with Gasteiger partial charge in [0.05, 0.1) is 17.2 Å². The van der Waals surface area contributed by atoms with E-state index in [9.17, 15) is 36.3 Å². The summed E-state index contributed by atoms with van der Waals surface area (Å²) in [5.74, 6) is -3.87. The first-order valence-corrected chi connectivity index (χ1v) is 10.4. The van der Waals surface area contributed by atoms with E-state index < -0.39 is 55.0 Å². The summed E-state index contributed by atoms with van der Waals surface area (Å²) in [5, 5.41) is 19.7. The van der Waals surface area contributed by atoms with Gasteiger partial charge >= 0.3 is 6.36 Å². The summed E-state index contributed by atoms with van der Waals surface area (Å²) >= 11 is 0.577. The van der Waals surface area contributed by atoms with E-state index in [0.29, 0.717) is 23.5 Å². The lowest BCUT2D eigenvalue weighted by molar-refractivity contribution is -0.275. The van der Waals surface area contributed by atoms with Gasteiger partial charge in [0.1, 0.15) is 15.5 Å². The number of ether oxygens (including phenoxy) is 1. The minimum atomic E-state index is -5.33. The third-order valence-corrected chi connectivity index (χ3v) is 6.35. The smallest absolute Gasteiger partial charge is 0.404 e. The monoisotopic (exact) mass is 477 g/mol. The zero-order valence-corrected chi connectivity index (χ0v) is 17.4. The summed E-state index contributed by atoms with van der Waals surface area (Å²) in [7, 11) is -5.20. The zero-order valence-electron chi connectivity index (χ0n) is 15.8. The fourth-order valence-corrected chi connectivity index (χ4v) is 5.08. The van der Waals surface area contributed by atoms with Crippen LogP contribution in [0.25, 0.3) is 0 Å². The van der Waals surface area contributed by atoms with Crippen LogP contribution in [0.4, 0.5) is 18.2 Å². The first-order chi connectivity index (χ1) is 14.1. The molecule has 166 valence electrons. The van der Waals surface area contributed by atoms with Gasteiger partial charge in [-0.05, 0) is 43.5 Å². The van der Waals surface area contributed by atoms with Gasteiger partial charge in [-0.25, -0.2) is 8.42 Å². The van der Waals surface area contributed by atoms with Crippen molar-refractivity contribution in [3.05, 3.63) is 40.8 Å². The highest BCUT2D eigenvalue weighted by Crippen LogP contribution is 2.38. The molecule has 0 aliphatic rings. The largest absolute Gasteiger partial charge is 0.573 e. The Hall–Kier alpha value is -3.15. The molecular weight excluding hydrogens is 463 g/mol. The lowest BCUT2D eigenvalue weighted by atomic mass is 10.1. The number of nitriles is 1. The van der Waals surface area contributed by atoms with Crippen LogP contribution in [-0.2, 0) is 14.8 Å². The number of rotatable bonds is 6. The van der Waals surface area contributed by atoms with E-state index >= 15 is 0 Å². The Morgan fingerprint density at radius 3 is 2.35 bits per heavy atom. The molecule has 0 saturated heterocycles. The number of carbonyl (C=O) groups is 2. The number of alkyl halides is 3. The quantitative estimate of drug-likeness (QED) is 0.647. The molecule has 0 atom stereocenters. The van der Waals surface area contributed by atoms with E-state index in [0.717, 1.165) is 26.0 Å². The Kier molecular flexibility index (Phi) is 6.36. The number of aliphatic hydroxyl groups is 1. The Balaban J connectivity index is 2.84. The van der Waals surface area contributed by atoms with E-state index in [4.69, 9.17) is 11.0 Å². The van der Waals surface area contributed by atoms with Gasteiger partial charge in [0.25, 0.3) is 21.8 Å². The number of primary amides is 1. The van der Waals surface area contributed by atoms with Gasteiger partial charge in [0.2, 0.25) is 0 Å². The van der Waals surface area contributed by atoms with Crippen LogP contribution < -0.4 is 14.8 Å². The molecule has 0 aliphatic heterocycles. The van der Waals surface area contributed by atoms with Crippen LogP contribution in [0.1, 0.15) is 29.8 Å². The van der Waals surface area contributed by atoms with Crippen molar-refractivity contribution in [1.82, 2.24) is 0 Å². The van der Waals surface area contributed by atoms with Gasteiger partial charge in [-0.2, -0.15) is 9.57 Å². The molecule has 0 fully saturated rings. The van der Waals surface area contributed by atoms with E-state index in [1.165, 1.54) is 11.4 Å². The minimum Gasteiger partial charge on any atom is -0.404 e. The van der Waals surface area contributed by atoms with E-state index in [-0.39, 0.29) is 9.87 Å². The molecule has 3 N–H and O–H groups in total. The predicted octanol–water partition coefficient (Wildman–Crippen LogP) is 2.11. The summed E-state index contributed by atoms with van der Waals surface area (Å²) in [4.78, 5) is 23.4. The SMILES string of the molecule is CC(C)(O)C(=O)N(c1sccc1C(N)=O)S(=O)(=O)c1ccc(C#N)cc1OC(F)(F)F. The van der Waals surface area contributed by atoms with Gasteiger partial charge in [-0.15, -0.1) is 24.5 Å². The van der Waals surface area contributed by atoms with Crippen LogP contribution in [0.5, 0.6) is 5.75 Å². The molecule has 0 spiro atoms. The molecular formula is C17H14F3N3O6S2. The topological polar surface area (TPSA) is 151 Å². The van der Waals surface area contributed by atoms with E-state index in [2.05, 4.69) is 4.74 Å². The van der Waals surface area contributed by atoms with Gasteiger partial charge in [-0.3, -0.25) is 9.59 Å². The van der Waals surface area contributed by atoms with Gasteiger partial charge in [-0.1, -0.05) is 0 Å². The minimum absolute atomic E-state index is 0.0115. The van der Waals surface area contributed by atoms with Crippen molar-refractivity contribution in [3.63, 3.8) is 0 Å². The molecule has 0 unspecified atom stereocenters. The van der Waals surface area contributed by atoms with Gasteiger partial charge in [0, 0.05) is 0 Å². The third-order valence-electron chi connectivity index (χ3n) is 3.62. The average molecular weight is 477 g/mol. The highest BCUT2D eigenvalue weighted by molar-refractivity contribution is 7.94. The first-order valence-electron chi connectivity index (χ1n) is 8.09. The number of amides is 2. The fourth-order valence-electron chi connectivity index (χ4n) is 2.30. The summed E-state index contributed by atoms with van der Waals surface area (Å²) in [6, 6.07) is 4.70. The zero-order chi connectivity index (χ0) is 23.8. The summed E-state index contributed by atoms with van der Waals surface area (Å²) < 4.78 is 69.0. The van der Waals surface area contributed by atoms with Crippen LogP contribution in [0.3, 0.4) is 0 Å². The lowest BCUT2D eigenvalue weighted by Gasteiger charge is -2.28. The number of sulfonamides is 1. The predicted molar refractivity (Wildman–Crippen MR) is 102 cm³/mol. The molecule has 1 heterocycles. The summed E-state index contributed by atoms with van der Waals surface area (Å²) in [5.41, 5.74) is 2.11. The van der Waals surface area contributed by atoms with E-state index in [1.54, 1.807) is 0 Å². The number of anilines is 1. The average Bonchev–Trinajstić information content (AvgIpc) is 3.08. The van der Waals surface area contributed by atoms with Crippen LogP contribution in [0.2, 0.25) is 0 Å². The highest BCUT2D eigenvalue weighted by atomic mass is 32.2. The van der Waals surface area contributed by atoms with Crippen molar-refractivity contribution in [2.75, 3.05) is 4.31 Å². The van der Waals surface area contributed by atoms with Gasteiger partial charge in [0.15, 0.2) is 5.75 Å². The Morgan fingerprint density at radius 1 is 1.26 bits per heavy atom. The highest BCUT2D eigenvalue weighted by Gasteiger charge is 2.43. The molecule has 14 heteroatoms. The normalized spacial score (nSPS) is 12.2. The molecule has 0 bridgehead atoms. The maximum atomic E-state index is 13.3. The van der Waals surface area contributed by atoms with Crippen LogP contribution in [-0.4, -0.2) is 37.3 Å². The van der Waals surface area contributed by atoms with Crippen molar-refractivity contribution in [1.29, 1.82) is 5.26 Å². The maximum absolute atomic E-state index is 13.3. The van der Waals surface area contributed by atoms with Crippen molar-refractivity contribution in [3.8, 4) is 11.8 Å². The molecule has 0 radical (unpaired) electrons. The van der Waals surface area contributed by atoms with Crippen molar-refractivity contribution < 1.29 is 41.0 Å². The second kappa shape index (κ2) is 8.17. The first kappa shape index (κ1) is 24.1. The van der Waals surface area contributed by atoms with Gasteiger partial charge < -0.3 is 15.6 Å². The standard InChI is InChI=1S/C17H14F3N3O6S2/c1-16(2,26)15(25)23(14-10(13(22)24)5-6-30-14)31(27,28)12-4-3-9(8-21)7-11(12)29-17(18,19)20/h3-7,26H,1-2H3,(H2,22,24). The molecule has 31 heavy (non-hydrogen) atoms. The molecule has 2 aromatic rings. The summed E-state index contributed by atoms with van der Waals surface area (Å²) in [6.07, 6.45) is -5.33. The number of hydrogen-bond donors (Lipinski definition) is 2. The fraction of sp³-hybridized carbons (Fsp3) is 0.235. The molecule has 9 nitrogen and oxygen atoms in total. The molecule has 0 aliphatic carbocycles. The summed E-state index contributed by atoms with van der Waals surface area (Å²) in [6.45, 7) is 1.89. The number of nitrogens with two attached hydrogens (primary N) is 1. The van der Waals surface area contributed by atoms with Crippen molar-refractivity contribution >= 4 is 38.2 Å². The Labute approximate surface area is 178 Å². The second-order valence-corrected chi connectivity index (χ2v) is 9.11. The Morgan fingerprint density at radius 2 is 1.87 bits per heavy atom. The van der Waals surface area contributed by atoms with Crippen molar-refractivity contribution in [2.45, 2.75) is 30.7 Å². The maximum Gasteiger partial charge on any atom is 0.573 e. The van der Waals surface area contributed by atoms with E-state index in [1.807, 2.05) is 0 Å². The van der Waals surface area contributed by atoms with Crippen LogP contribution in [0.15, 0.2) is 34.5 Å². The number of benzene rings is 1. The number of nitrogens with zero attached hydrogens (tertiary/aromatic N) is 2. The molecule has 1 aromatic heterocycles. The molecule has 2 amide bonds. The number of carbonyl (C=O) groups excluding carboxylic acids is 2. The third kappa shape index (κ3) is 5.13. The Bertz CT molecular complexity index is 1180. The second-order valence-electron chi connectivity index (χ2n) is 6.46. The molecule has 2 rings (SSSR count). The van der Waals surface area contributed by atoms with Crippen LogP contribution in [0, 0.1) is 11.3 Å². The lowest BCUT2D eigenvalue weighted by Crippen LogP contribution is -2.48. The molecule has 1 aromatic carbocycles. The van der Waals surface area contributed by atoms with Crippen LogP contribution >= 0.6 is 11.3 Å². The number of thiophene rings is 1. The number of hydrogen-bond acceptors (Lipinski definition) is 8. The molecule has 0 saturated carbocycles. The number of halogens is 3. The van der Waals surface area contributed by atoms with Crippen molar-refractivity contribution in [2.24, 2.45) is 5.73 Å².